The van der Waals surface area contributed by atoms with E-state index in [-0.39, 0.29) is 31.2 Å². The molecule has 1 rings (SSSR count). The molecule has 1 fully saturated rings. The van der Waals surface area contributed by atoms with E-state index >= 15 is 0 Å². The van der Waals surface area contributed by atoms with E-state index in [1.165, 1.54) is 25.2 Å². The highest BCUT2D eigenvalue weighted by molar-refractivity contribution is 7.76. The standard InChI is InChI=1S/C8H18P.HI/c1-3-9(4-2)7-5-6-8-9;/h3-8H2,1-2H3;1H/q+1;/p-1. The van der Waals surface area contributed by atoms with Crippen LogP contribution in [0, 0.1) is 0 Å². The van der Waals surface area contributed by atoms with Crippen molar-refractivity contribution in [2.45, 2.75) is 26.7 Å². The van der Waals surface area contributed by atoms with Crippen molar-refractivity contribution in [3.63, 3.8) is 0 Å². The Bertz CT molecular complexity index is 81.3. The number of rotatable bonds is 2. The summed E-state index contributed by atoms with van der Waals surface area (Å²) in [6, 6.07) is 0. The normalized spacial score (nSPS) is 22.2. The van der Waals surface area contributed by atoms with Crippen molar-refractivity contribution >= 4 is 7.26 Å². The summed E-state index contributed by atoms with van der Waals surface area (Å²) < 4.78 is 0. The topological polar surface area (TPSA) is 0 Å². The minimum absolute atomic E-state index is 0. The van der Waals surface area contributed by atoms with Gasteiger partial charge in [-0.3, -0.25) is 0 Å². The Morgan fingerprint density at radius 1 is 1.00 bits per heavy atom. The summed E-state index contributed by atoms with van der Waals surface area (Å²) in [5.74, 6) is 0. The molecule has 0 radical (unpaired) electrons. The van der Waals surface area contributed by atoms with E-state index in [1.54, 1.807) is 12.3 Å². The largest absolute Gasteiger partial charge is 1.00 e. The smallest absolute Gasteiger partial charge is 0.0595 e. The fourth-order valence-corrected chi connectivity index (χ4v) is 5.59. The van der Waals surface area contributed by atoms with Crippen LogP contribution in [0.2, 0.25) is 0 Å². The minimum atomic E-state index is -0.309. The lowest BCUT2D eigenvalue weighted by atomic mass is 10.4. The van der Waals surface area contributed by atoms with E-state index in [1.807, 2.05) is 0 Å². The van der Waals surface area contributed by atoms with Gasteiger partial charge in [-0.15, -0.1) is 0 Å². The van der Waals surface area contributed by atoms with Gasteiger partial charge in [-0.05, 0) is 26.7 Å². The molecule has 1 heterocycles. The zero-order valence-electron chi connectivity index (χ0n) is 7.07. The molecule has 1 aliphatic heterocycles. The Labute approximate surface area is 82.5 Å². The molecular formula is C8H18IP. The van der Waals surface area contributed by atoms with Crippen LogP contribution in [-0.4, -0.2) is 24.6 Å². The summed E-state index contributed by atoms with van der Waals surface area (Å²) in [7, 11) is -0.309. The minimum Gasteiger partial charge on any atom is -1.00 e. The molecule has 0 aromatic heterocycles. The van der Waals surface area contributed by atoms with Crippen molar-refractivity contribution in [2.24, 2.45) is 0 Å². The van der Waals surface area contributed by atoms with Crippen molar-refractivity contribution in [1.82, 2.24) is 0 Å². The summed E-state index contributed by atoms with van der Waals surface area (Å²) in [5, 5.41) is 0. The first kappa shape index (κ1) is 11.2. The molecule has 2 heteroatoms. The molecule has 1 saturated heterocycles. The second-order valence-electron chi connectivity index (χ2n) is 3.13. The second-order valence-corrected chi connectivity index (χ2v) is 7.97. The van der Waals surface area contributed by atoms with Gasteiger partial charge >= 0.3 is 0 Å². The molecule has 0 atom stereocenters. The molecular weight excluding hydrogens is 254 g/mol. The van der Waals surface area contributed by atoms with Crippen LogP contribution in [0.1, 0.15) is 26.7 Å². The Kier molecular flexibility index (Phi) is 5.49. The van der Waals surface area contributed by atoms with Crippen molar-refractivity contribution in [3.8, 4) is 0 Å². The summed E-state index contributed by atoms with van der Waals surface area (Å²) in [5.41, 5.74) is 0. The van der Waals surface area contributed by atoms with E-state index in [0.29, 0.717) is 0 Å². The molecule has 0 amide bonds. The van der Waals surface area contributed by atoms with Crippen LogP contribution in [0.5, 0.6) is 0 Å². The first-order chi connectivity index (χ1) is 4.33. The van der Waals surface area contributed by atoms with Crippen molar-refractivity contribution in [2.75, 3.05) is 24.6 Å². The molecule has 0 nitrogen and oxygen atoms in total. The van der Waals surface area contributed by atoms with Gasteiger partial charge in [-0.1, -0.05) is 0 Å². The van der Waals surface area contributed by atoms with Gasteiger partial charge in [0.1, 0.15) is 0 Å². The van der Waals surface area contributed by atoms with Crippen LogP contribution in [0.25, 0.3) is 0 Å². The first-order valence-electron chi connectivity index (χ1n) is 4.18. The van der Waals surface area contributed by atoms with Crippen LogP contribution in [0.4, 0.5) is 0 Å². The van der Waals surface area contributed by atoms with Crippen LogP contribution in [0.15, 0.2) is 0 Å². The lowest BCUT2D eigenvalue weighted by molar-refractivity contribution is -0.00000209. The zero-order valence-corrected chi connectivity index (χ0v) is 10.1. The molecule has 0 unspecified atom stereocenters. The van der Waals surface area contributed by atoms with E-state index in [0.717, 1.165) is 0 Å². The van der Waals surface area contributed by atoms with E-state index in [2.05, 4.69) is 13.8 Å². The first-order valence-corrected chi connectivity index (χ1v) is 6.71. The molecule has 0 aromatic carbocycles. The molecule has 10 heavy (non-hydrogen) atoms. The third kappa shape index (κ3) is 2.34. The Hall–Kier alpha value is 1.16. The zero-order chi connectivity index (χ0) is 6.74. The van der Waals surface area contributed by atoms with Crippen molar-refractivity contribution < 1.29 is 24.0 Å². The molecule has 62 valence electrons. The number of hydrogen-bond acceptors (Lipinski definition) is 0. The average Bonchev–Trinajstić information content (AvgIpc) is 2.36. The monoisotopic (exact) mass is 272 g/mol. The van der Waals surface area contributed by atoms with Gasteiger partial charge < -0.3 is 24.0 Å². The fraction of sp³-hybridized carbons (Fsp3) is 1.00. The predicted molar refractivity (Wildman–Crippen MR) is 47.0 cm³/mol. The summed E-state index contributed by atoms with van der Waals surface area (Å²) >= 11 is 0. The van der Waals surface area contributed by atoms with Gasteiger partial charge in [-0.25, -0.2) is 0 Å². The molecule has 0 spiro atoms. The molecule has 0 aromatic rings. The molecule has 0 bridgehead atoms. The maximum atomic E-state index is 2.39. The van der Waals surface area contributed by atoms with Gasteiger partial charge in [0.05, 0.1) is 24.6 Å². The van der Waals surface area contributed by atoms with Crippen LogP contribution >= 0.6 is 7.26 Å². The Morgan fingerprint density at radius 2 is 1.40 bits per heavy atom. The molecule has 0 saturated carbocycles. The van der Waals surface area contributed by atoms with Crippen molar-refractivity contribution in [3.05, 3.63) is 0 Å². The van der Waals surface area contributed by atoms with Gasteiger partial charge in [0.2, 0.25) is 0 Å². The van der Waals surface area contributed by atoms with Crippen molar-refractivity contribution in [1.29, 1.82) is 0 Å². The summed E-state index contributed by atoms with van der Waals surface area (Å²) in [6.45, 7) is 4.78. The SMILES string of the molecule is CC[P+]1(CC)CCCC1.[I-]. The lowest BCUT2D eigenvalue weighted by Crippen LogP contribution is -3.00. The van der Waals surface area contributed by atoms with E-state index < -0.39 is 0 Å². The van der Waals surface area contributed by atoms with Gasteiger partial charge in [0, 0.05) is 7.26 Å². The third-order valence-corrected chi connectivity index (χ3v) is 8.07. The van der Waals surface area contributed by atoms with Crippen LogP contribution < -0.4 is 24.0 Å². The van der Waals surface area contributed by atoms with Crippen LogP contribution in [0.3, 0.4) is 0 Å². The molecule has 1 aliphatic rings. The van der Waals surface area contributed by atoms with Crippen LogP contribution in [-0.2, 0) is 0 Å². The highest BCUT2D eigenvalue weighted by Crippen LogP contribution is 2.62. The predicted octanol–water partition coefficient (Wildman–Crippen LogP) is -0.158. The van der Waals surface area contributed by atoms with Gasteiger partial charge in [0.25, 0.3) is 0 Å². The second kappa shape index (κ2) is 4.92. The van der Waals surface area contributed by atoms with Gasteiger partial charge in [0.15, 0.2) is 0 Å². The molecule has 0 aliphatic carbocycles. The summed E-state index contributed by atoms with van der Waals surface area (Å²) in [6.07, 6.45) is 9.33. The number of hydrogen-bond donors (Lipinski definition) is 0. The van der Waals surface area contributed by atoms with E-state index in [9.17, 15) is 0 Å². The Morgan fingerprint density at radius 3 is 1.60 bits per heavy atom. The fourth-order valence-electron chi connectivity index (χ4n) is 1.86. The third-order valence-electron chi connectivity index (χ3n) is 2.86. The molecule has 0 N–H and O–H groups in total. The number of halogens is 1. The summed E-state index contributed by atoms with van der Waals surface area (Å²) in [4.78, 5) is 0. The quantitative estimate of drug-likeness (QED) is 0.484. The lowest BCUT2D eigenvalue weighted by Gasteiger charge is -2.17. The Balaban J connectivity index is 0.000000810. The highest BCUT2D eigenvalue weighted by Gasteiger charge is 2.36. The maximum Gasteiger partial charge on any atom is 0.0595 e. The van der Waals surface area contributed by atoms with Gasteiger partial charge in [-0.2, -0.15) is 0 Å². The van der Waals surface area contributed by atoms with E-state index in [4.69, 9.17) is 0 Å². The highest BCUT2D eigenvalue weighted by atomic mass is 127. The maximum absolute atomic E-state index is 2.39. The average molecular weight is 272 g/mol.